The molecule has 0 bridgehead atoms. The van der Waals surface area contributed by atoms with E-state index in [1.807, 2.05) is 0 Å². The molecule has 0 aromatic carbocycles. The largest absolute Gasteiger partial charge is 0.466 e. The number of carbonyl (C=O) groups is 2. The maximum atomic E-state index is 11.8. The lowest BCUT2D eigenvalue weighted by Gasteiger charge is -2.13. The fourth-order valence-electron chi connectivity index (χ4n) is 1.50. The SMILES string of the molecule is O=C(CC(CS)C(=O)OCCCCO[N+](=O)[O-])OCCCO[N+](=O)[O-]. The fraction of sp³-hybridized carbons (Fsp3) is 0.833. The van der Waals surface area contributed by atoms with E-state index in [0.29, 0.717) is 12.8 Å². The van der Waals surface area contributed by atoms with Crippen molar-refractivity contribution in [3.63, 3.8) is 0 Å². The molecule has 0 aliphatic heterocycles. The van der Waals surface area contributed by atoms with Crippen molar-refractivity contribution < 1.29 is 38.9 Å². The second kappa shape index (κ2) is 14.1. The van der Waals surface area contributed by atoms with Gasteiger partial charge in [0, 0.05) is 12.2 Å². The normalized spacial score (nSPS) is 11.2. The van der Waals surface area contributed by atoms with Gasteiger partial charge in [-0.15, -0.1) is 20.2 Å². The summed E-state index contributed by atoms with van der Waals surface area (Å²) in [6, 6.07) is 0. The number of nitrogens with zero attached hydrogens (tertiary/aromatic N) is 2. The molecule has 13 heteroatoms. The molecule has 0 aliphatic carbocycles. The summed E-state index contributed by atoms with van der Waals surface area (Å²) in [5.41, 5.74) is 0. The summed E-state index contributed by atoms with van der Waals surface area (Å²) < 4.78 is 9.78. The Bertz CT molecular complexity index is 448. The minimum absolute atomic E-state index is 0.0391. The molecule has 0 N–H and O–H groups in total. The monoisotopic (exact) mass is 384 g/mol. The molecule has 0 rings (SSSR count). The van der Waals surface area contributed by atoms with E-state index in [2.05, 4.69) is 22.3 Å². The molecule has 0 aliphatic rings. The number of esters is 2. The summed E-state index contributed by atoms with van der Waals surface area (Å²) in [7, 11) is 0. The molecule has 0 saturated heterocycles. The molecular weight excluding hydrogens is 364 g/mol. The first-order chi connectivity index (χ1) is 11.9. The minimum atomic E-state index is -0.946. The number of hydrogen-bond acceptors (Lipinski definition) is 11. The third kappa shape index (κ3) is 13.8. The van der Waals surface area contributed by atoms with E-state index < -0.39 is 28.0 Å². The molecule has 0 heterocycles. The van der Waals surface area contributed by atoms with E-state index in [9.17, 15) is 29.8 Å². The number of unbranched alkanes of at least 4 members (excludes halogenated alkanes) is 1. The summed E-state index contributed by atoms with van der Waals surface area (Å²) in [6.45, 7) is -0.319. The van der Waals surface area contributed by atoms with Gasteiger partial charge in [0.2, 0.25) is 0 Å². The lowest BCUT2D eigenvalue weighted by Crippen LogP contribution is -2.24. The van der Waals surface area contributed by atoms with Gasteiger partial charge in [-0.3, -0.25) is 9.59 Å². The summed E-state index contributed by atoms with van der Waals surface area (Å²) in [5.74, 6) is -2.00. The molecule has 1 atom stereocenters. The number of ether oxygens (including phenoxy) is 2. The molecule has 1 unspecified atom stereocenters. The van der Waals surface area contributed by atoms with Crippen LogP contribution in [0.3, 0.4) is 0 Å². The van der Waals surface area contributed by atoms with Gasteiger partial charge in [-0.1, -0.05) is 0 Å². The van der Waals surface area contributed by atoms with Crippen molar-refractivity contribution in [1.82, 2.24) is 0 Å². The van der Waals surface area contributed by atoms with Gasteiger partial charge in [0.05, 0.1) is 38.8 Å². The Kier molecular flexibility index (Phi) is 12.8. The predicted molar refractivity (Wildman–Crippen MR) is 83.6 cm³/mol. The molecule has 0 fully saturated rings. The Morgan fingerprint density at radius 2 is 1.40 bits per heavy atom. The van der Waals surface area contributed by atoms with Crippen LogP contribution in [0.25, 0.3) is 0 Å². The second-order valence-corrected chi connectivity index (χ2v) is 5.01. The Morgan fingerprint density at radius 3 is 1.96 bits per heavy atom. The zero-order chi connectivity index (χ0) is 19.1. The van der Waals surface area contributed by atoms with Crippen molar-refractivity contribution in [2.75, 3.05) is 32.2 Å². The lowest BCUT2D eigenvalue weighted by atomic mass is 10.1. The van der Waals surface area contributed by atoms with Crippen LogP contribution in [0.1, 0.15) is 25.7 Å². The number of rotatable bonds is 15. The van der Waals surface area contributed by atoms with Gasteiger partial charge in [0.15, 0.2) is 0 Å². The zero-order valence-corrected chi connectivity index (χ0v) is 14.3. The zero-order valence-electron chi connectivity index (χ0n) is 13.4. The van der Waals surface area contributed by atoms with E-state index in [4.69, 9.17) is 9.47 Å². The molecule has 0 radical (unpaired) electrons. The number of carbonyl (C=O) groups excluding carboxylic acids is 2. The first kappa shape index (κ1) is 22.7. The quantitative estimate of drug-likeness (QED) is 0.139. The fourth-order valence-corrected chi connectivity index (χ4v) is 1.78. The number of hydrogen-bond donors (Lipinski definition) is 1. The Balaban J connectivity index is 3.86. The van der Waals surface area contributed by atoms with Crippen LogP contribution >= 0.6 is 12.6 Å². The third-order valence-corrected chi connectivity index (χ3v) is 3.14. The van der Waals surface area contributed by atoms with Crippen LogP contribution in [0.4, 0.5) is 0 Å². The van der Waals surface area contributed by atoms with Crippen molar-refractivity contribution in [3.05, 3.63) is 20.2 Å². The van der Waals surface area contributed by atoms with Crippen LogP contribution in [0.5, 0.6) is 0 Å². The van der Waals surface area contributed by atoms with Gasteiger partial charge in [0.25, 0.3) is 10.2 Å². The van der Waals surface area contributed by atoms with Crippen molar-refractivity contribution >= 4 is 24.6 Å². The Morgan fingerprint density at radius 1 is 0.880 bits per heavy atom. The molecule has 25 heavy (non-hydrogen) atoms. The van der Waals surface area contributed by atoms with Crippen LogP contribution in [0, 0.1) is 26.1 Å². The summed E-state index contributed by atoms with van der Waals surface area (Å²) in [4.78, 5) is 51.3. The average Bonchev–Trinajstić information content (AvgIpc) is 2.54. The van der Waals surface area contributed by atoms with Crippen molar-refractivity contribution in [2.24, 2.45) is 5.92 Å². The van der Waals surface area contributed by atoms with E-state index in [1.54, 1.807) is 0 Å². The van der Waals surface area contributed by atoms with Crippen LogP contribution in [-0.2, 0) is 28.7 Å². The molecule has 0 spiro atoms. The minimum Gasteiger partial charge on any atom is -0.466 e. The summed E-state index contributed by atoms with van der Waals surface area (Å²) >= 11 is 3.98. The molecule has 0 aromatic rings. The highest BCUT2D eigenvalue weighted by Gasteiger charge is 2.22. The first-order valence-electron chi connectivity index (χ1n) is 7.34. The standard InChI is InChI=1S/C12H20N2O10S/c15-11(21-5-3-7-24-14(19)20)8-10(9-25)12(16)22-4-1-2-6-23-13(17)18/h10,25H,1-9H2. The summed E-state index contributed by atoms with van der Waals surface area (Å²) in [5, 5.41) is 18.0. The van der Waals surface area contributed by atoms with E-state index in [0.717, 1.165) is 0 Å². The molecule has 0 aromatic heterocycles. The van der Waals surface area contributed by atoms with E-state index in [-0.39, 0.29) is 45.0 Å². The predicted octanol–water partition coefficient (Wildman–Crippen LogP) is 0.596. The smallest absolute Gasteiger partial charge is 0.310 e. The lowest BCUT2D eigenvalue weighted by molar-refractivity contribution is -0.757. The van der Waals surface area contributed by atoms with Gasteiger partial charge in [-0.25, -0.2) is 0 Å². The topological polar surface area (TPSA) is 157 Å². The van der Waals surface area contributed by atoms with E-state index >= 15 is 0 Å². The molecule has 0 amide bonds. The van der Waals surface area contributed by atoms with E-state index in [1.165, 1.54) is 0 Å². The van der Waals surface area contributed by atoms with Gasteiger partial charge in [-0.05, 0) is 12.8 Å². The summed E-state index contributed by atoms with van der Waals surface area (Å²) in [6.07, 6.45) is 0.631. The van der Waals surface area contributed by atoms with Gasteiger partial charge in [0.1, 0.15) is 0 Å². The number of thiol groups is 1. The molecule has 12 nitrogen and oxygen atoms in total. The Labute approximate surface area is 148 Å². The Hall–Kier alpha value is -2.31. The average molecular weight is 384 g/mol. The van der Waals surface area contributed by atoms with Gasteiger partial charge >= 0.3 is 11.9 Å². The maximum Gasteiger partial charge on any atom is 0.310 e. The van der Waals surface area contributed by atoms with Crippen LogP contribution < -0.4 is 0 Å². The third-order valence-electron chi connectivity index (χ3n) is 2.69. The van der Waals surface area contributed by atoms with Crippen molar-refractivity contribution in [3.8, 4) is 0 Å². The van der Waals surface area contributed by atoms with Crippen LogP contribution in [-0.4, -0.2) is 54.3 Å². The van der Waals surface area contributed by atoms with Crippen molar-refractivity contribution in [2.45, 2.75) is 25.7 Å². The molecule has 144 valence electrons. The molecular formula is C12H20N2O10S. The van der Waals surface area contributed by atoms with Gasteiger partial charge < -0.3 is 19.1 Å². The highest BCUT2D eigenvalue weighted by molar-refractivity contribution is 7.80. The first-order valence-corrected chi connectivity index (χ1v) is 7.97. The van der Waals surface area contributed by atoms with Gasteiger partial charge in [-0.2, -0.15) is 12.6 Å². The maximum absolute atomic E-state index is 11.8. The highest BCUT2D eigenvalue weighted by Crippen LogP contribution is 2.10. The van der Waals surface area contributed by atoms with Crippen LogP contribution in [0.15, 0.2) is 0 Å². The highest BCUT2D eigenvalue weighted by atomic mass is 32.1. The molecule has 0 saturated carbocycles. The van der Waals surface area contributed by atoms with Crippen molar-refractivity contribution in [1.29, 1.82) is 0 Å². The van der Waals surface area contributed by atoms with Crippen LogP contribution in [0.2, 0.25) is 0 Å². The second-order valence-electron chi connectivity index (χ2n) is 4.65.